The highest BCUT2D eigenvalue weighted by molar-refractivity contribution is 5.85. The predicted octanol–water partition coefficient (Wildman–Crippen LogP) is 2.44. The van der Waals surface area contributed by atoms with E-state index in [1.807, 2.05) is 19.2 Å². The molecule has 1 aliphatic heterocycles. The van der Waals surface area contributed by atoms with E-state index in [-0.39, 0.29) is 36.6 Å². The van der Waals surface area contributed by atoms with Crippen molar-refractivity contribution in [1.82, 2.24) is 4.90 Å². The van der Waals surface area contributed by atoms with Gasteiger partial charge in [-0.3, -0.25) is 4.79 Å². The van der Waals surface area contributed by atoms with Crippen LogP contribution in [0, 0.1) is 6.92 Å². The lowest BCUT2D eigenvalue weighted by atomic mass is 10.0. The van der Waals surface area contributed by atoms with Crippen molar-refractivity contribution >= 4 is 18.3 Å². The zero-order valence-electron chi connectivity index (χ0n) is 12.9. The molecule has 0 aromatic heterocycles. The van der Waals surface area contributed by atoms with Gasteiger partial charge in [0.15, 0.2) is 0 Å². The fourth-order valence-electron chi connectivity index (χ4n) is 2.74. The van der Waals surface area contributed by atoms with E-state index in [0.717, 1.165) is 12.8 Å². The average molecular weight is 313 g/mol. The molecule has 0 aliphatic carbocycles. The van der Waals surface area contributed by atoms with Crippen LogP contribution in [-0.2, 0) is 9.53 Å². The van der Waals surface area contributed by atoms with Gasteiger partial charge in [-0.1, -0.05) is 24.3 Å². The number of nitrogens with two attached hydrogens (primary N) is 1. The van der Waals surface area contributed by atoms with Gasteiger partial charge >= 0.3 is 0 Å². The molecule has 0 bridgehead atoms. The minimum Gasteiger partial charge on any atom is -0.364 e. The molecule has 1 heterocycles. The molecule has 5 heteroatoms. The van der Waals surface area contributed by atoms with Gasteiger partial charge in [-0.15, -0.1) is 12.4 Å². The maximum Gasteiger partial charge on any atom is 0.251 e. The second kappa shape index (κ2) is 7.78. The quantitative estimate of drug-likeness (QED) is 0.929. The van der Waals surface area contributed by atoms with Crippen LogP contribution in [0.25, 0.3) is 0 Å². The summed E-state index contributed by atoms with van der Waals surface area (Å²) in [6.07, 6.45) is 1.34. The van der Waals surface area contributed by atoms with Crippen LogP contribution in [0.5, 0.6) is 0 Å². The number of likely N-dealkylation sites (N-methyl/N-ethyl adjacent to an activating group) is 1. The minimum absolute atomic E-state index is 0. The smallest absolute Gasteiger partial charge is 0.251 e. The second-order valence-electron chi connectivity index (χ2n) is 5.54. The highest BCUT2D eigenvalue weighted by Crippen LogP contribution is 2.26. The second-order valence-corrected chi connectivity index (χ2v) is 5.54. The Morgan fingerprint density at radius 2 is 2.10 bits per heavy atom. The zero-order chi connectivity index (χ0) is 14.7. The van der Waals surface area contributed by atoms with Crippen LogP contribution < -0.4 is 5.73 Å². The molecule has 1 unspecified atom stereocenters. The molecule has 1 aromatic carbocycles. The van der Waals surface area contributed by atoms with E-state index in [1.165, 1.54) is 11.1 Å². The van der Waals surface area contributed by atoms with Crippen molar-refractivity contribution in [3.8, 4) is 0 Å². The van der Waals surface area contributed by atoms with Crippen LogP contribution in [0.3, 0.4) is 0 Å². The lowest BCUT2D eigenvalue weighted by molar-refractivity contribution is -0.143. The van der Waals surface area contributed by atoms with E-state index < -0.39 is 0 Å². The fraction of sp³-hybridized carbons (Fsp3) is 0.562. The summed E-state index contributed by atoms with van der Waals surface area (Å²) >= 11 is 0. The van der Waals surface area contributed by atoms with E-state index in [4.69, 9.17) is 10.5 Å². The summed E-state index contributed by atoms with van der Waals surface area (Å²) in [6, 6.07) is 8.21. The molecule has 1 amide bonds. The summed E-state index contributed by atoms with van der Waals surface area (Å²) in [5, 5.41) is 0. The van der Waals surface area contributed by atoms with E-state index in [9.17, 15) is 4.79 Å². The molecule has 1 aromatic rings. The molecule has 1 aliphatic rings. The van der Waals surface area contributed by atoms with Gasteiger partial charge in [0.05, 0.1) is 12.1 Å². The van der Waals surface area contributed by atoms with Gasteiger partial charge in [-0.05, 0) is 37.8 Å². The van der Waals surface area contributed by atoms with Gasteiger partial charge in [0.1, 0.15) is 6.10 Å². The standard InChI is InChI=1S/C16H24N2O2.ClH/c1-11-6-4-5-7-14(11)12(2)18(3)16(19)15-9-8-13(10-17)20-15;/h4-7,12-13,15H,8-10,17H2,1-3H3;1H/t12?,13-,15+;/m1./s1. The van der Waals surface area contributed by atoms with Gasteiger partial charge in [-0.2, -0.15) is 0 Å². The van der Waals surface area contributed by atoms with Crippen molar-refractivity contribution in [1.29, 1.82) is 0 Å². The Morgan fingerprint density at radius 1 is 1.43 bits per heavy atom. The van der Waals surface area contributed by atoms with Crippen molar-refractivity contribution in [3.63, 3.8) is 0 Å². The summed E-state index contributed by atoms with van der Waals surface area (Å²) in [6.45, 7) is 4.61. The Hall–Kier alpha value is -1.10. The Kier molecular flexibility index (Phi) is 6.65. The van der Waals surface area contributed by atoms with Gasteiger partial charge in [-0.25, -0.2) is 0 Å². The van der Waals surface area contributed by atoms with Gasteiger partial charge in [0.2, 0.25) is 0 Å². The lowest BCUT2D eigenvalue weighted by Crippen LogP contribution is -2.38. The number of rotatable bonds is 4. The molecule has 2 N–H and O–H groups in total. The number of aryl methyl sites for hydroxylation is 1. The van der Waals surface area contributed by atoms with Crippen LogP contribution >= 0.6 is 12.4 Å². The number of hydrogen-bond donors (Lipinski definition) is 1. The number of ether oxygens (including phenoxy) is 1. The maximum absolute atomic E-state index is 12.5. The minimum atomic E-state index is -0.333. The largest absolute Gasteiger partial charge is 0.364 e. The normalized spacial score (nSPS) is 22.5. The fourth-order valence-corrected chi connectivity index (χ4v) is 2.74. The van der Waals surface area contributed by atoms with E-state index >= 15 is 0 Å². The molecule has 2 rings (SSSR count). The number of halogens is 1. The summed E-state index contributed by atoms with van der Waals surface area (Å²) in [7, 11) is 1.85. The number of benzene rings is 1. The number of carbonyl (C=O) groups is 1. The molecular formula is C16H25ClN2O2. The first-order chi connectivity index (χ1) is 9.54. The third kappa shape index (κ3) is 3.96. The van der Waals surface area contributed by atoms with E-state index in [0.29, 0.717) is 6.54 Å². The van der Waals surface area contributed by atoms with E-state index in [2.05, 4.69) is 26.0 Å². The SMILES string of the molecule is Cc1ccccc1C(C)N(C)C(=O)[C@@H]1CC[C@H](CN)O1.Cl. The first-order valence-corrected chi connectivity index (χ1v) is 7.22. The Morgan fingerprint density at radius 3 is 2.67 bits per heavy atom. The lowest BCUT2D eigenvalue weighted by Gasteiger charge is -2.28. The highest BCUT2D eigenvalue weighted by Gasteiger charge is 2.33. The Labute approximate surface area is 133 Å². The summed E-state index contributed by atoms with van der Waals surface area (Å²) in [5.74, 6) is 0.0525. The van der Waals surface area contributed by atoms with E-state index in [1.54, 1.807) is 4.90 Å². The van der Waals surface area contributed by atoms with Crippen molar-refractivity contribution in [2.75, 3.05) is 13.6 Å². The van der Waals surface area contributed by atoms with Gasteiger partial charge < -0.3 is 15.4 Å². The monoisotopic (exact) mass is 312 g/mol. The Bertz CT molecular complexity index is 481. The van der Waals surface area contributed by atoms with Gasteiger partial charge in [0.25, 0.3) is 5.91 Å². The summed E-state index contributed by atoms with van der Waals surface area (Å²) < 4.78 is 5.69. The number of amides is 1. The highest BCUT2D eigenvalue weighted by atomic mass is 35.5. The first kappa shape index (κ1) is 18.0. The summed E-state index contributed by atoms with van der Waals surface area (Å²) in [5.41, 5.74) is 7.97. The predicted molar refractivity (Wildman–Crippen MR) is 86.6 cm³/mol. The number of hydrogen-bond acceptors (Lipinski definition) is 3. The molecule has 0 radical (unpaired) electrons. The van der Waals surface area contributed by atoms with Crippen molar-refractivity contribution in [2.24, 2.45) is 5.73 Å². The summed E-state index contributed by atoms with van der Waals surface area (Å²) in [4.78, 5) is 14.3. The van der Waals surface area contributed by atoms with Gasteiger partial charge in [0, 0.05) is 13.6 Å². The topological polar surface area (TPSA) is 55.6 Å². The van der Waals surface area contributed by atoms with Crippen LogP contribution in [-0.4, -0.2) is 36.6 Å². The molecule has 0 spiro atoms. The molecular weight excluding hydrogens is 288 g/mol. The molecule has 118 valence electrons. The van der Waals surface area contributed by atoms with Crippen molar-refractivity contribution in [3.05, 3.63) is 35.4 Å². The van der Waals surface area contributed by atoms with Crippen LogP contribution in [0.4, 0.5) is 0 Å². The third-order valence-corrected chi connectivity index (χ3v) is 4.21. The maximum atomic E-state index is 12.5. The number of nitrogens with zero attached hydrogens (tertiary/aromatic N) is 1. The molecule has 0 saturated carbocycles. The molecule has 1 saturated heterocycles. The van der Waals surface area contributed by atoms with Crippen molar-refractivity contribution in [2.45, 2.75) is 44.9 Å². The zero-order valence-corrected chi connectivity index (χ0v) is 13.7. The molecule has 3 atom stereocenters. The molecule has 1 fully saturated rings. The molecule has 4 nitrogen and oxygen atoms in total. The van der Waals surface area contributed by atoms with Crippen molar-refractivity contribution < 1.29 is 9.53 Å². The van der Waals surface area contributed by atoms with Crippen LogP contribution in [0.2, 0.25) is 0 Å². The average Bonchev–Trinajstić information content (AvgIpc) is 2.94. The van der Waals surface area contributed by atoms with Crippen LogP contribution in [0.15, 0.2) is 24.3 Å². The molecule has 21 heavy (non-hydrogen) atoms. The van der Waals surface area contributed by atoms with Crippen LogP contribution in [0.1, 0.15) is 36.9 Å². The Balaban J connectivity index is 0.00000220. The number of carbonyl (C=O) groups excluding carboxylic acids is 1. The third-order valence-electron chi connectivity index (χ3n) is 4.21. The first-order valence-electron chi connectivity index (χ1n) is 7.22.